The standard InChI is InChI=1S/C10H8ClN3O2S/c11-8-6(9(15)16)7(5-1-2-5)13-14(8)10-12-3-4-17-10/h3-5H,1-2H2,(H,15,16). The second kappa shape index (κ2) is 3.82. The SMILES string of the molecule is O=C(O)c1c(C2CC2)nn(-c2nccs2)c1Cl. The van der Waals surface area contributed by atoms with Crippen molar-refractivity contribution in [1.82, 2.24) is 14.8 Å². The number of hydrogen-bond acceptors (Lipinski definition) is 4. The first kappa shape index (κ1) is 10.7. The highest BCUT2D eigenvalue weighted by molar-refractivity contribution is 7.12. The molecule has 1 fully saturated rings. The van der Waals surface area contributed by atoms with Crippen molar-refractivity contribution in [2.75, 3.05) is 0 Å². The molecule has 0 unspecified atom stereocenters. The van der Waals surface area contributed by atoms with Crippen LogP contribution >= 0.6 is 22.9 Å². The molecular formula is C10H8ClN3O2S. The number of hydrogen-bond donors (Lipinski definition) is 1. The van der Waals surface area contributed by atoms with Crippen molar-refractivity contribution < 1.29 is 9.90 Å². The van der Waals surface area contributed by atoms with Crippen LogP contribution in [0.1, 0.15) is 34.8 Å². The Hall–Kier alpha value is -1.40. The van der Waals surface area contributed by atoms with Gasteiger partial charge in [0.1, 0.15) is 10.7 Å². The fraction of sp³-hybridized carbons (Fsp3) is 0.300. The Labute approximate surface area is 106 Å². The summed E-state index contributed by atoms with van der Waals surface area (Å²) in [4.78, 5) is 15.3. The zero-order chi connectivity index (χ0) is 12.0. The Balaban J connectivity index is 2.17. The lowest BCUT2D eigenvalue weighted by Gasteiger charge is -1.95. The number of aromatic nitrogens is 3. The molecule has 0 aromatic carbocycles. The van der Waals surface area contributed by atoms with Gasteiger partial charge in [0.15, 0.2) is 0 Å². The number of thiazole rings is 1. The van der Waals surface area contributed by atoms with E-state index in [2.05, 4.69) is 10.1 Å². The first-order valence-electron chi connectivity index (χ1n) is 5.10. The van der Waals surface area contributed by atoms with Gasteiger partial charge in [-0.05, 0) is 12.8 Å². The number of rotatable bonds is 3. The lowest BCUT2D eigenvalue weighted by atomic mass is 10.2. The molecule has 0 aliphatic heterocycles. The predicted octanol–water partition coefficient (Wildman–Crippen LogP) is 2.56. The normalized spacial score (nSPS) is 15.1. The zero-order valence-electron chi connectivity index (χ0n) is 8.63. The summed E-state index contributed by atoms with van der Waals surface area (Å²) < 4.78 is 1.41. The third-order valence-corrected chi connectivity index (χ3v) is 3.73. The van der Waals surface area contributed by atoms with Gasteiger partial charge in [0.05, 0.1) is 5.69 Å². The third-order valence-electron chi connectivity index (χ3n) is 2.63. The molecule has 1 aliphatic rings. The van der Waals surface area contributed by atoms with Crippen molar-refractivity contribution in [2.45, 2.75) is 18.8 Å². The van der Waals surface area contributed by atoms with E-state index < -0.39 is 5.97 Å². The highest BCUT2D eigenvalue weighted by Gasteiger charge is 2.34. The predicted molar refractivity (Wildman–Crippen MR) is 63.2 cm³/mol. The fourth-order valence-corrected chi connectivity index (χ4v) is 2.64. The topological polar surface area (TPSA) is 68.0 Å². The van der Waals surface area contributed by atoms with E-state index in [9.17, 15) is 9.90 Å². The molecule has 0 spiro atoms. The van der Waals surface area contributed by atoms with Crippen LogP contribution in [0.5, 0.6) is 0 Å². The molecule has 7 heteroatoms. The first-order chi connectivity index (χ1) is 8.18. The molecule has 1 N–H and O–H groups in total. The van der Waals surface area contributed by atoms with Crippen LogP contribution in [0.2, 0.25) is 5.15 Å². The van der Waals surface area contributed by atoms with Crippen LogP contribution in [-0.4, -0.2) is 25.8 Å². The molecule has 17 heavy (non-hydrogen) atoms. The van der Waals surface area contributed by atoms with Crippen LogP contribution in [0, 0.1) is 0 Å². The van der Waals surface area contributed by atoms with Crippen LogP contribution in [0.3, 0.4) is 0 Å². The first-order valence-corrected chi connectivity index (χ1v) is 6.36. The average molecular weight is 270 g/mol. The molecule has 1 aliphatic carbocycles. The van der Waals surface area contributed by atoms with Crippen molar-refractivity contribution in [1.29, 1.82) is 0 Å². The van der Waals surface area contributed by atoms with E-state index in [4.69, 9.17) is 11.6 Å². The number of halogens is 1. The van der Waals surface area contributed by atoms with Crippen LogP contribution < -0.4 is 0 Å². The van der Waals surface area contributed by atoms with Gasteiger partial charge in [0, 0.05) is 17.5 Å². The highest BCUT2D eigenvalue weighted by Crippen LogP contribution is 2.43. The summed E-state index contributed by atoms with van der Waals surface area (Å²) >= 11 is 7.44. The van der Waals surface area contributed by atoms with Gasteiger partial charge in [-0.1, -0.05) is 11.6 Å². The molecule has 2 aromatic rings. The number of carbonyl (C=O) groups is 1. The molecule has 2 heterocycles. The quantitative estimate of drug-likeness (QED) is 0.930. The second-order valence-electron chi connectivity index (χ2n) is 3.86. The zero-order valence-corrected chi connectivity index (χ0v) is 10.2. The Morgan fingerprint density at radius 1 is 1.59 bits per heavy atom. The molecule has 1 saturated carbocycles. The number of carboxylic acids is 1. The molecule has 0 radical (unpaired) electrons. The van der Waals surface area contributed by atoms with E-state index >= 15 is 0 Å². The van der Waals surface area contributed by atoms with Gasteiger partial charge < -0.3 is 5.11 Å². The minimum atomic E-state index is -1.03. The minimum Gasteiger partial charge on any atom is -0.478 e. The number of nitrogens with zero attached hydrogens (tertiary/aromatic N) is 3. The van der Waals surface area contributed by atoms with E-state index in [1.165, 1.54) is 16.0 Å². The van der Waals surface area contributed by atoms with E-state index in [0.29, 0.717) is 10.8 Å². The highest BCUT2D eigenvalue weighted by atomic mass is 35.5. The summed E-state index contributed by atoms with van der Waals surface area (Å²) in [7, 11) is 0. The monoisotopic (exact) mass is 269 g/mol. The van der Waals surface area contributed by atoms with Crippen LogP contribution in [-0.2, 0) is 0 Å². The maximum Gasteiger partial charge on any atom is 0.340 e. The van der Waals surface area contributed by atoms with E-state index in [0.717, 1.165) is 12.8 Å². The van der Waals surface area contributed by atoms with Crippen LogP contribution in [0.15, 0.2) is 11.6 Å². The second-order valence-corrected chi connectivity index (χ2v) is 5.09. The third kappa shape index (κ3) is 1.73. The lowest BCUT2D eigenvalue weighted by molar-refractivity contribution is 0.0696. The maximum absolute atomic E-state index is 11.2. The summed E-state index contributed by atoms with van der Waals surface area (Å²) in [5.74, 6) is -0.792. The molecule has 0 atom stereocenters. The molecule has 0 bridgehead atoms. The van der Waals surface area contributed by atoms with Crippen molar-refractivity contribution >= 4 is 28.9 Å². The van der Waals surface area contributed by atoms with Gasteiger partial charge in [0.2, 0.25) is 5.13 Å². The van der Waals surface area contributed by atoms with Crippen molar-refractivity contribution in [3.05, 3.63) is 28.0 Å². The maximum atomic E-state index is 11.2. The lowest BCUT2D eigenvalue weighted by Crippen LogP contribution is -1.99. The Kier molecular flexibility index (Phi) is 2.41. The van der Waals surface area contributed by atoms with E-state index in [1.54, 1.807) is 11.6 Å². The molecule has 0 saturated heterocycles. The van der Waals surface area contributed by atoms with Crippen molar-refractivity contribution in [3.8, 4) is 5.13 Å². The van der Waals surface area contributed by atoms with Gasteiger partial charge in [0.25, 0.3) is 0 Å². The van der Waals surface area contributed by atoms with Gasteiger partial charge >= 0.3 is 5.97 Å². The summed E-state index contributed by atoms with van der Waals surface area (Å²) in [5.41, 5.74) is 0.696. The van der Waals surface area contributed by atoms with E-state index in [-0.39, 0.29) is 16.6 Å². The minimum absolute atomic E-state index is 0.115. The largest absolute Gasteiger partial charge is 0.478 e. The molecule has 5 nitrogen and oxygen atoms in total. The van der Waals surface area contributed by atoms with Crippen LogP contribution in [0.4, 0.5) is 0 Å². The summed E-state index contributed by atoms with van der Waals surface area (Å²) in [6, 6.07) is 0. The van der Waals surface area contributed by atoms with Crippen molar-refractivity contribution in [3.63, 3.8) is 0 Å². The Morgan fingerprint density at radius 2 is 2.35 bits per heavy atom. The van der Waals surface area contributed by atoms with Crippen LogP contribution in [0.25, 0.3) is 5.13 Å². The summed E-state index contributed by atoms with van der Waals surface area (Å²) in [6.07, 6.45) is 3.59. The molecular weight excluding hydrogens is 262 g/mol. The Morgan fingerprint density at radius 3 is 2.88 bits per heavy atom. The van der Waals surface area contributed by atoms with E-state index in [1.807, 2.05) is 0 Å². The molecule has 3 rings (SSSR count). The Bertz CT molecular complexity index is 575. The molecule has 0 amide bonds. The van der Waals surface area contributed by atoms with Gasteiger partial charge in [-0.2, -0.15) is 9.78 Å². The fourth-order valence-electron chi connectivity index (χ4n) is 1.70. The van der Waals surface area contributed by atoms with Gasteiger partial charge in [-0.25, -0.2) is 9.78 Å². The molecule has 88 valence electrons. The number of carboxylic acid groups (broad SMARTS) is 1. The molecule has 2 aromatic heterocycles. The average Bonchev–Trinajstić information content (AvgIpc) is 2.87. The smallest absolute Gasteiger partial charge is 0.340 e. The number of aromatic carboxylic acids is 1. The van der Waals surface area contributed by atoms with Gasteiger partial charge in [-0.3, -0.25) is 0 Å². The van der Waals surface area contributed by atoms with Gasteiger partial charge in [-0.15, -0.1) is 11.3 Å². The summed E-state index contributed by atoms with van der Waals surface area (Å²) in [5, 5.41) is 16.0. The summed E-state index contributed by atoms with van der Waals surface area (Å²) in [6.45, 7) is 0. The van der Waals surface area contributed by atoms with Crippen molar-refractivity contribution in [2.24, 2.45) is 0 Å².